The molecule has 0 unspecified atom stereocenters. The Morgan fingerprint density at radius 2 is 0.833 bits per heavy atom. The van der Waals surface area contributed by atoms with Gasteiger partial charge in [0.25, 0.3) is 0 Å². The first-order chi connectivity index (χ1) is 5.07. The second kappa shape index (κ2) is 3.51. The van der Waals surface area contributed by atoms with Crippen molar-refractivity contribution in [3.8, 4) is 0 Å². The Bertz CT molecular complexity index is 177. The first kappa shape index (κ1) is 12.2. The highest BCUT2D eigenvalue weighted by Gasteiger charge is 2.28. The summed E-state index contributed by atoms with van der Waals surface area (Å²) < 4.78 is 0. The average molecular weight is 202 g/mol. The molecule has 0 nitrogen and oxygen atoms in total. The van der Waals surface area contributed by atoms with Crippen LogP contribution in [0.25, 0.3) is 0 Å². The molecule has 70 valence electrons. The van der Waals surface area contributed by atoms with Crippen molar-refractivity contribution in [2.45, 2.75) is 41.5 Å². The van der Waals surface area contributed by atoms with Crippen LogP contribution in [-0.2, 0) is 0 Å². The lowest BCUT2D eigenvalue weighted by Crippen LogP contribution is -2.33. The lowest BCUT2D eigenvalue weighted by molar-refractivity contribution is 0.578. The fourth-order valence-corrected chi connectivity index (χ4v) is 1.29. The maximum Gasteiger partial charge on any atom is 0.0350 e. The van der Waals surface area contributed by atoms with Crippen molar-refractivity contribution >= 4 is 34.2 Å². The highest BCUT2D eigenvalue weighted by Crippen LogP contribution is 2.26. The van der Waals surface area contributed by atoms with Gasteiger partial charge in [0.2, 0.25) is 0 Å². The predicted molar refractivity (Wildman–Crippen MR) is 64.1 cm³/mol. The molecule has 0 saturated carbocycles. The molecule has 2 heteroatoms. The molecule has 0 rings (SSSR count). The second-order valence-electron chi connectivity index (χ2n) is 5.16. The van der Waals surface area contributed by atoms with Crippen LogP contribution in [0.2, 0.25) is 0 Å². The molecular weight excluding hydrogens is 184 g/mol. The first-order valence-electron chi connectivity index (χ1n) is 4.16. The van der Waals surface area contributed by atoms with E-state index >= 15 is 0 Å². The van der Waals surface area contributed by atoms with Crippen LogP contribution < -0.4 is 0 Å². The smallest absolute Gasteiger partial charge is 0.0350 e. The van der Waals surface area contributed by atoms with E-state index in [2.05, 4.69) is 41.5 Å². The summed E-state index contributed by atoms with van der Waals surface area (Å²) in [6.07, 6.45) is 0. The molecule has 0 N–H and O–H groups in total. The average Bonchev–Trinajstić information content (AvgIpc) is 1.80. The summed E-state index contributed by atoms with van der Waals surface area (Å²) in [5, 5.41) is 0. The van der Waals surface area contributed by atoms with Gasteiger partial charge in [0.1, 0.15) is 0 Å². The van der Waals surface area contributed by atoms with Crippen LogP contribution in [0, 0.1) is 10.8 Å². The van der Waals surface area contributed by atoms with E-state index in [9.17, 15) is 0 Å². The van der Waals surface area contributed by atoms with Crippen molar-refractivity contribution in [1.29, 1.82) is 0 Å². The summed E-state index contributed by atoms with van der Waals surface area (Å²) in [5.41, 5.74) is 0.0550. The highest BCUT2D eigenvalue weighted by atomic mass is 32.1. The van der Waals surface area contributed by atoms with Gasteiger partial charge in [0, 0.05) is 9.73 Å². The van der Waals surface area contributed by atoms with Gasteiger partial charge in [0.05, 0.1) is 0 Å². The Hall–Kier alpha value is 0.180. The zero-order chi connectivity index (χ0) is 10.2. The van der Waals surface area contributed by atoms with Gasteiger partial charge in [0.15, 0.2) is 0 Å². The molecular formula is C10H18S2. The van der Waals surface area contributed by atoms with Crippen LogP contribution >= 0.6 is 24.4 Å². The van der Waals surface area contributed by atoms with Crippen molar-refractivity contribution in [1.82, 2.24) is 0 Å². The van der Waals surface area contributed by atoms with Crippen molar-refractivity contribution < 1.29 is 0 Å². The van der Waals surface area contributed by atoms with E-state index in [0.29, 0.717) is 0 Å². The van der Waals surface area contributed by atoms with Crippen LogP contribution in [0.3, 0.4) is 0 Å². The molecule has 0 fully saturated rings. The molecule has 0 heterocycles. The molecule has 0 radical (unpaired) electrons. The third-order valence-electron chi connectivity index (χ3n) is 1.57. The molecule has 0 saturated heterocycles. The van der Waals surface area contributed by atoms with Gasteiger partial charge in [-0.3, -0.25) is 0 Å². The molecule has 0 aromatic heterocycles. The van der Waals surface area contributed by atoms with Crippen molar-refractivity contribution in [3.63, 3.8) is 0 Å². The van der Waals surface area contributed by atoms with E-state index in [1.807, 2.05) is 0 Å². The Morgan fingerprint density at radius 1 is 0.667 bits per heavy atom. The summed E-state index contributed by atoms with van der Waals surface area (Å²) in [5.74, 6) is 0. The van der Waals surface area contributed by atoms with Crippen LogP contribution in [-0.4, -0.2) is 9.73 Å². The molecule has 0 aromatic rings. The maximum atomic E-state index is 5.32. The van der Waals surface area contributed by atoms with Crippen LogP contribution in [0.15, 0.2) is 0 Å². The Labute approximate surface area is 86.7 Å². The molecule has 12 heavy (non-hydrogen) atoms. The largest absolute Gasteiger partial charge is 0.0831 e. The quantitative estimate of drug-likeness (QED) is 0.593. The van der Waals surface area contributed by atoms with E-state index in [1.165, 1.54) is 0 Å². The minimum Gasteiger partial charge on any atom is -0.0831 e. The van der Waals surface area contributed by atoms with E-state index in [0.717, 1.165) is 9.73 Å². The second-order valence-corrected chi connectivity index (χ2v) is 5.97. The van der Waals surface area contributed by atoms with E-state index < -0.39 is 0 Å². The normalized spacial score (nSPS) is 12.8. The van der Waals surface area contributed by atoms with Crippen LogP contribution in [0.1, 0.15) is 41.5 Å². The van der Waals surface area contributed by atoms with E-state index in [4.69, 9.17) is 24.4 Å². The summed E-state index contributed by atoms with van der Waals surface area (Å²) in [4.78, 5) is 1.84. The fraction of sp³-hybridized carbons (Fsp3) is 0.800. The standard InChI is InChI=1S/C10H18S2/c1-9(2,3)7(11)8(12)10(4,5)6/h1-6H3. The van der Waals surface area contributed by atoms with Crippen molar-refractivity contribution in [2.75, 3.05) is 0 Å². The molecule has 0 bridgehead atoms. The van der Waals surface area contributed by atoms with E-state index in [1.54, 1.807) is 0 Å². The lowest BCUT2D eigenvalue weighted by atomic mass is 9.81. The molecule has 0 aliphatic carbocycles. The van der Waals surface area contributed by atoms with Gasteiger partial charge in [-0.15, -0.1) is 0 Å². The maximum absolute atomic E-state index is 5.32. The Balaban J connectivity index is 4.66. The van der Waals surface area contributed by atoms with Gasteiger partial charge in [-0.05, 0) is 10.8 Å². The number of thiocarbonyl (C=S) groups is 2. The number of rotatable bonds is 1. The summed E-state index contributed by atoms with van der Waals surface area (Å²) in [7, 11) is 0. The third kappa shape index (κ3) is 3.28. The zero-order valence-corrected chi connectivity index (χ0v) is 10.4. The first-order valence-corrected chi connectivity index (χ1v) is 4.97. The molecule has 0 amide bonds. The molecule has 0 atom stereocenters. The monoisotopic (exact) mass is 202 g/mol. The van der Waals surface area contributed by atoms with Gasteiger partial charge in [-0.2, -0.15) is 0 Å². The van der Waals surface area contributed by atoms with Gasteiger partial charge < -0.3 is 0 Å². The van der Waals surface area contributed by atoms with Gasteiger partial charge in [-0.1, -0.05) is 66.0 Å². The predicted octanol–water partition coefficient (Wildman–Crippen LogP) is 3.82. The van der Waals surface area contributed by atoms with Crippen molar-refractivity contribution in [2.24, 2.45) is 10.8 Å². The fourth-order valence-electron chi connectivity index (χ4n) is 0.681. The third-order valence-corrected chi connectivity index (χ3v) is 3.33. The highest BCUT2D eigenvalue weighted by molar-refractivity contribution is 7.89. The Kier molecular flexibility index (Phi) is 3.56. The van der Waals surface area contributed by atoms with Crippen LogP contribution in [0.4, 0.5) is 0 Å². The van der Waals surface area contributed by atoms with Crippen molar-refractivity contribution in [3.05, 3.63) is 0 Å². The van der Waals surface area contributed by atoms with Crippen LogP contribution in [0.5, 0.6) is 0 Å². The topological polar surface area (TPSA) is 0 Å². The molecule has 0 aromatic carbocycles. The SMILES string of the molecule is CC(C)(C)C(=S)C(=S)C(C)(C)C. The number of hydrogen-bond acceptors (Lipinski definition) is 2. The minimum atomic E-state index is 0.0275. The molecule has 0 spiro atoms. The van der Waals surface area contributed by atoms with Gasteiger partial charge in [-0.25, -0.2) is 0 Å². The zero-order valence-electron chi connectivity index (χ0n) is 8.82. The molecule has 0 aliphatic heterocycles. The lowest BCUT2D eigenvalue weighted by Gasteiger charge is -2.27. The minimum absolute atomic E-state index is 0.0275. The van der Waals surface area contributed by atoms with Gasteiger partial charge >= 0.3 is 0 Å². The van der Waals surface area contributed by atoms with E-state index in [-0.39, 0.29) is 10.8 Å². The summed E-state index contributed by atoms with van der Waals surface area (Å²) >= 11 is 10.6. The molecule has 0 aliphatic rings. The summed E-state index contributed by atoms with van der Waals surface area (Å²) in [6, 6.07) is 0. The summed E-state index contributed by atoms with van der Waals surface area (Å²) in [6.45, 7) is 12.6. The Morgan fingerprint density at radius 3 is 0.917 bits per heavy atom. The number of hydrogen-bond donors (Lipinski definition) is 0.